The van der Waals surface area contributed by atoms with Crippen LogP contribution in [0.2, 0.25) is 0 Å². The number of nitrogens with one attached hydrogen (secondary N) is 1. The molecule has 0 bridgehead atoms. The molecule has 1 aromatic rings. The second-order valence-corrected chi connectivity index (χ2v) is 8.31. The predicted octanol–water partition coefficient (Wildman–Crippen LogP) is 2.62. The van der Waals surface area contributed by atoms with Crippen LogP contribution in [-0.2, 0) is 10.0 Å². The Bertz CT molecular complexity index is 711. The Morgan fingerprint density at radius 1 is 1.25 bits per heavy atom. The molecule has 0 spiro atoms. The number of benzene rings is 1. The largest absolute Gasteiger partial charge is 0.491 e. The monoisotopic (exact) mass is 352 g/mol. The van der Waals surface area contributed by atoms with E-state index in [9.17, 15) is 13.2 Å². The van der Waals surface area contributed by atoms with Crippen molar-refractivity contribution in [3.63, 3.8) is 0 Å². The quantitative estimate of drug-likeness (QED) is 0.904. The summed E-state index contributed by atoms with van der Waals surface area (Å²) in [6, 6.07) is 4.92. The van der Waals surface area contributed by atoms with Gasteiger partial charge in [0.1, 0.15) is 12.4 Å². The number of hydrogen-bond acceptors (Lipinski definition) is 4. The smallest absolute Gasteiger partial charge is 0.257 e. The van der Waals surface area contributed by atoms with Gasteiger partial charge in [0.2, 0.25) is 10.0 Å². The van der Waals surface area contributed by atoms with Crippen LogP contribution in [0.3, 0.4) is 0 Å². The Labute approximate surface area is 143 Å². The van der Waals surface area contributed by atoms with Crippen LogP contribution in [0.15, 0.2) is 18.2 Å². The molecule has 1 aromatic carbocycles. The van der Waals surface area contributed by atoms with E-state index in [4.69, 9.17) is 4.74 Å². The summed E-state index contributed by atoms with van der Waals surface area (Å²) in [5.74, 6) is 0.389. The van der Waals surface area contributed by atoms with Crippen LogP contribution in [0.25, 0.3) is 0 Å². The minimum absolute atomic E-state index is 0.122. The molecule has 1 amide bonds. The molecule has 24 heavy (non-hydrogen) atoms. The maximum Gasteiger partial charge on any atom is 0.257 e. The standard InChI is InChI=1S/C17H24N2O4S/c1-2-19-10-11-23-16-9-8-13(12-15(16)17(19)20)18-24(21,22)14-6-4-3-5-7-14/h8-9,12,14,18H,2-7,10-11H2,1H3. The number of fused-ring (bicyclic) bond motifs is 1. The Kier molecular flexibility index (Phi) is 4.99. The van der Waals surface area contributed by atoms with Gasteiger partial charge in [0.25, 0.3) is 5.91 Å². The minimum atomic E-state index is -3.42. The fourth-order valence-electron chi connectivity index (χ4n) is 3.35. The SMILES string of the molecule is CCN1CCOc2ccc(NS(=O)(=O)C3CCCCC3)cc2C1=O. The lowest BCUT2D eigenvalue weighted by Crippen LogP contribution is -2.32. The molecule has 1 fully saturated rings. The fourth-order valence-corrected chi connectivity index (χ4v) is 4.93. The number of hydrogen-bond donors (Lipinski definition) is 1. The molecule has 0 saturated heterocycles. The van der Waals surface area contributed by atoms with E-state index < -0.39 is 10.0 Å². The zero-order valence-corrected chi connectivity index (χ0v) is 14.8. The number of anilines is 1. The van der Waals surface area contributed by atoms with Crippen molar-refractivity contribution < 1.29 is 17.9 Å². The van der Waals surface area contributed by atoms with Crippen molar-refractivity contribution in [1.82, 2.24) is 4.90 Å². The van der Waals surface area contributed by atoms with E-state index in [0.29, 0.717) is 49.5 Å². The van der Waals surface area contributed by atoms with Gasteiger partial charge in [-0.2, -0.15) is 0 Å². The van der Waals surface area contributed by atoms with Crippen LogP contribution in [0.5, 0.6) is 5.75 Å². The Hall–Kier alpha value is -1.76. The third-order valence-electron chi connectivity index (χ3n) is 4.75. The van der Waals surface area contributed by atoms with Crippen LogP contribution < -0.4 is 9.46 Å². The van der Waals surface area contributed by atoms with Crippen molar-refractivity contribution in [1.29, 1.82) is 0 Å². The molecular formula is C17H24N2O4S. The van der Waals surface area contributed by atoms with Gasteiger partial charge < -0.3 is 9.64 Å². The van der Waals surface area contributed by atoms with E-state index in [0.717, 1.165) is 19.3 Å². The first-order chi connectivity index (χ1) is 11.5. The van der Waals surface area contributed by atoms with Crippen molar-refractivity contribution in [2.24, 2.45) is 0 Å². The van der Waals surface area contributed by atoms with Gasteiger partial charge in [0, 0.05) is 12.2 Å². The van der Waals surface area contributed by atoms with Crippen molar-refractivity contribution in [2.75, 3.05) is 24.4 Å². The molecule has 1 saturated carbocycles. The van der Waals surface area contributed by atoms with Crippen LogP contribution in [0, 0.1) is 0 Å². The molecule has 0 aromatic heterocycles. The van der Waals surface area contributed by atoms with Crippen LogP contribution in [0.1, 0.15) is 49.4 Å². The van der Waals surface area contributed by atoms with Crippen LogP contribution in [0.4, 0.5) is 5.69 Å². The number of likely N-dealkylation sites (N-methyl/N-ethyl adjacent to an activating group) is 1. The van der Waals surface area contributed by atoms with E-state index in [-0.39, 0.29) is 11.2 Å². The van der Waals surface area contributed by atoms with Gasteiger partial charge in [-0.25, -0.2) is 8.42 Å². The lowest BCUT2D eigenvalue weighted by atomic mass is 10.0. The Morgan fingerprint density at radius 3 is 2.71 bits per heavy atom. The number of ether oxygens (including phenoxy) is 1. The summed E-state index contributed by atoms with van der Waals surface area (Å²) in [5, 5.41) is -0.343. The summed E-state index contributed by atoms with van der Waals surface area (Å²) in [5.41, 5.74) is 0.840. The molecule has 3 rings (SSSR count). The van der Waals surface area contributed by atoms with E-state index in [1.54, 1.807) is 23.1 Å². The number of sulfonamides is 1. The lowest BCUT2D eigenvalue weighted by Gasteiger charge is -2.22. The average Bonchev–Trinajstić information content (AvgIpc) is 2.74. The molecule has 1 heterocycles. The molecule has 132 valence electrons. The highest BCUT2D eigenvalue weighted by Gasteiger charge is 2.28. The van der Waals surface area contributed by atoms with E-state index in [1.165, 1.54) is 0 Å². The summed E-state index contributed by atoms with van der Waals surface area (Å²) in [7, 11) is -3.42. The average molecular weight is 352 g/mol. The highest BCUT2D eigenvalue weighted by Crippen LogP contribution is 2.29. The summed E-state index contributed by atoms with van der Waals surface area (Å²) in [4.78, 5) is 14.3. The third kappa shape index (κ3) is 3.50. The van der Waals surface area contributed by atoms with Gasteiger partial charge in [-0.1, -0.05) is 19.3 Å². The van der Waals surface area contributed by atoms with Gasteiger partial charge in [-0.3, -0.25) is 9.52 Å². The molecule has 1 aliphatic heterocycles. The highest BCUT2D eigenvalue weighted by atomic mass is 32.2. The lowest BCUT2D eigenvalue weighted by molar-refractivity contribution is 0.0765. The maximum absolute atomic E-state index is 12.6. The van der Waals surface area contributed by atoms with Gasteiger partial charge in [0.15, 0.2) is 0 Å². The molecule has 1 aliphatic carbocycles. The molecule has 0 unspecified atom stereocenters. The maximum atomic E-state index is 12.6. The fraction of sp³-hybridized carbons (Fsp3) is 0.588. The van der Waals surface area contributed by atoms with Gasteiger partial charge >= 0.3 is 0 Å². The first-order valence-electron chi connectivity index (χ1n) is 8.59. The topological polar surface area (TPSA) is 75.7 Å². The van der Waals surface area contributed by atoms with Crippen LogP contribution in [-0.4, -0.2) is 44.2 Å². The molecule has 0 radical (unpaired) electrons. The second-order valence-electron chi connectivity index (χ2n) is 6.35. The molecule has 1 N–H and O–H groups in total. The minimum Gasteiger partial charge on any atom is -0.491 e. The van der Waals surface area contributed by atoms with Gasteiger partial charge in [0.05, 0.1) is 17.4 Å². The first kappa shape index (κ1) is 17.1. The molecule has 2 aliphatic rings. The normalized spacial score (nSPS) is 19.4. The molecular weight excluding hydrogens is 328 g/mol. The van der Waals surface area contributed by atoms with Crippen molar-refractivity contribution in [3.8, 4) is 5.75 Å². The zero-order valence-electron chi connectivity index (χ0n) is 14.0. The van der Waals surface area contributed by atoms with Crippen molar-refractivity contribution in [2.45, 2.75) is 44.3 Å². The number of carbonyl (C=O) groups excluding carboxylic acids is 1. The Morgan fingerprint density at radius 2 is 2.00 bits per heavy atom. The van der Waals surface area contributed by atoms with E-state index >= 15 is 0 Å². The molecule has 7 heteroatoms. The first-order valence-corrected chi connectivity index (χ1v) is 10.1. The second kappa shape index (κ2) is 7.01. The highest BCUT2D eigenvalue weighted by molar-refractivity contribution is 7.93. The zero-order chi connectivity index (χ0) is 17.2. The summed E-state index contributed by atoms with van der Waals surface area (Å²) >= 11 is 0. The third-order valence-corrected chi connectivity index (χ3v) is 6.62. The van der Waals surface area contributed by atoms with Gasteiger partial charge in [-0.05, 0) is 38.0 Å². The van der Waals surface area contributed by atoms with Crippen molar-refractivity contribution >= 4 is 21.6 Å². The number of carbonyl (C=O) groups is 1. The predicted molar refractivity (Wildman–Crippen MR) is 92.9 cm³/mol. The Balaban J connectivity index is 1.84. The summed E-state index contributed by atoms with van der Waals surface area (Å²) in [6.07, 6.45) is 4.41. The van der Waals surface area contributed by atoms with E-state index in [1.807, 2.05) is 6.92 Å². The molecule has 6 nitrogen and oxygen atoms in total. The van der Waals surface area contributed by atoms with Crippen LogP contribution >= 0.6 is 0 Å². The summed E-state index contributed by atoms with van der Waals surface area (Å²) < 4.78 is 33.4. The summed E-state index contributed by atoms with van der Waals surface area (Å²) in [6.45, 7) is 3.49. The number of nitrogens with zero attached hydrogens (tertiary/aromatic N) is 1. The van der Waals surface area contributed by atoms with Gasteiger partial charge in [-0.15, -0.1) is 0 Å². The number of rotatable bonds is 4. The number of amides is 1. The van der Waals surface area contributed by atoms with E-state index in [2.05, 4.69) is 4.72 Å². The molecule has 0 atom stereocenters. The van der Waals surface area contributed by atoms with Crippen molar-refractivity contribution in [3.05, 3.63) is 23.8 Å².